The van der Waals surface area contributed by atoms with Gasteiger partial charge in [0.25, 0.3) is 0 Å². The van der Waals surface area contributed by atoms with Crippen LogP contribution in [0.2, 0.25) is 0 Å². The maximum absolute atomic E-state index is 10.1. The van der Waals surface area contributed by atoms with Crippen LogP contribution in [0.4, 0.5) is 11.4 Å². The molecule has 0 N–H and O–H groups in total. The molecule has 0 aliphatic carbocycles. The van der Waals surface area contributed by atoms with Crippen LogP contribution in [-0.4, -0.2) is 5.16 Å². The average Bonchev–Trinajstić information content (AvgIpc) is 2.06. The van der Waals surface area contributed by atoms with Crippen molar-refractivity contribution in [3.05, 3.63) is 29.2 Å². The Kier molecular flexibility index (Phi) is 2.60. The summed E-state index contributed by atoms with van der Waals surface area (Å²) < 4.78 is 0. The highest BCUT2D eigenvalue weighted by Gasteiger charge is 1.96. The average molecular weight is 164 g/mol. The topological polar surface area (TPSA) is 41.8 Å². The molecule has 0 aliphatic heterocycles. The Morgan fingerprint density at radius 1 is 1.27 bits per heavy atom. The molecule has 1 aromatic rings. The highest BCUT2D eigenvalue weighted by atomic mass is 32.1. The van der Waals surface area contributed by atoms with Crippen molar-refractivity contribution in [2.75, 3.05) is 0 Å². The van der Waals surface area contributed by atoms with Crippen molar-refractivity contribution in [2.24, 2.45) is 10.2 Å². The van der Waals surface area contributed by atoms with E-state index in [2.05, 4.69) is 27.5 Å². The predicted octanol–water partition coefficient (Wildman–Crippen LogP) is 2.82. The fraction of sp³-hybridized carbons (Fsp3) is 0. The van der Waals surface area contributed by atoms with E-state index in [1.807, 2.05) is 0 Å². The molecular weight excluding hydrogens is 160 g/mol. The zero-order valence-corrected chi connectivity index (χ0v) is 6.34. The van der Waals surface area contributed by atoms with Crippen LogP contribution >= 0.6 is 12.2 Å². The summed E-state index contributed by atoms with van der Waals surface area (Å²) in [4.78, 5) is 13.8. The van der Waals surface area contributed by atoms with Crippen LogP contribution in [0.3, 0.4) is 0 Å². The van der Waals surface area contributed by atoms with Gasteiger partial charge < -0.3 is 0 Å². The standard InChI is InChI=1S/C7H4N2OS/c10-9-7-4-2-1-3-6(7)8-5-11/h1-4H. The van der Waals surface area contributed by atoms with Crippen molar-refractivity contribution >= 4 is 28.8 Å². The van der Waals surface area contributed by atoms with Crippen LogP contribution < -0.4 is 0 Å². The van der Waals surface area contributed by atoms with Gasteiger partial charge >= 0.3 is 0 Å². The van der Waals surface area contributed by atoms with Gasteiger partial charge in [0.1, 0.15) is 11.4 Å². The summed E-state index contributed by atoms with van der Waals surface area (Å²) in [6.45, 7) is 0. The first kappa shape index (κ1) is 7.72. The lowest BCUT2D eigenvalue weighted by atomic mass is 10.3. The molecule has 0 unspecified atom stereocenters. The Morgan fingerprint density at radius 2 is 1.91 bits per heavy atom. The van der Waals surface area contributed by atoms with Gasteiger partial charge in [0.15, 0.2) is 0 Å². The second-order valence-electron chi connectivity index (χ2n) is 1.78. The minimum absolute atomic E-state index is 0.282. The molecule has 4 heteroatoms. The molecule has 11 heavy (non-hydrogen) atoms. The molecule has 0 aromatic heterocycles. The maximum Gasteiger partial charge on any atom is 0.134 e. The molecule has 3 nitrogen and oxygen atoms in total. The van der Waals surface area contributed by atoms with E-state index in [0.717, 1.165) is 0 Å². The Morgan fingerprint density at radius 3 is 2.45 bits per heavy atom. The van der Waals surface area contributed by atoms with Crippen LogP contribution in [0.1, 0.15) is 0 Å². The van der Waals surface area contributed by atoms with Crippen LogP contribution in [-0.2, 0) is 0 Å². The fourth-order valence-electron chi connectivity index (χ4n) is 0.685. The number of para-hydroxylation sites is 1. The second-order valence-corrected chi connectivity index (χ2v) is 1.97. The molecule has 54 valence electrons. The second kappa shape index (κ2) is 3.71. The highest BCUT2D eigenvalue weighted by molar-refractivity contribution is 7.78. The Labute approximate surface area is 68.7 Å². The van der Waals surface area contributed by atoms with Gasteiger partial charge in [-0.2, -0.15) is 4.99 Å². The van der Waals surface area contributed by atoms with Crippen molar-refractivity contribution in [2.45, 2.75) is 0 Å². The first-order valence-electron chi connectivity index (χ1n) is 2.88. The van der Waals surface area contributed by atoms with E-state index < -0.39 is 0 Å². The van der Waals surface area contributed by atoms with Crippen LogP contribution in [0.5, 0.6) is 0 Å². The number of thiocarbonyl (C=S) groups is 1. The van der Waals surface area contributed by atoms with Crippen molar-refractivity contribution in [1.29, 1.82) is 0 Å². The molecule has 0 fully saturated rings. The summed E-state index contributed by atoms with van der Waals surface area (Å²) in [5.74, 6) is 0. The normalized spacial score (nSPS) is 8.36. The van der Waals surface area contributed by atoms with Crippen LogP contribution in [0.15, 0.2) is 34.4 Å². The summed E-state index contributed by atoms with van der Waals surface area (Å²) in [6.07, 6.45) is 0. The molecule has 1 aromatic carbocycles. The van der Waals surface area contributed by atoms with E-state index in [1.165, 1.54) is 0 Å². The van der Waals surface area contributed by atoms with Crippen molar-refractivity contribution in [3.8, 4) is 0 Å². The number of rotatable bonds is 2. The maximum atomic E-state index is 10.1. The number of hydrogen-bond donors (Lipinski definition) is 0. The molecule has 1 rings (SSSR count). The van der Waals surface area contributed by atoms with Crippen molar-refractivity contribution in [1.82, 2.24) is 0 Å². The number of nitrogens with zero attached hydrogens (tertiary/aromatic N) is 2. The van der Waals surface area contributed by atoms with Crippen LogP contribution in [0, 0.1) is 4.91 Å². The quantitative estimate of drug-likeness (QED) is 0.383. The number of nitroso groups, excluding NO2 is 1. The Balaban J connectivity index is 3.21. The van der Waals surface area contributed by atoms with Gasteiger partial charge in [-0.1, -0.05) is 12.1 Å². The van der Waals surface area contributed by atoms with E-state index in [9.17, 15) is 4.91 Å². The lowest BCUT2D eigenvalue weighted by Gasteiger charge is -1.91. The minimum Gasteiger partial charge on any atom is -0.192 e. The SMILES string of the molecule is O=Nc1ccccc1N=C=S. The fourth-order valence-corrected chi connectivity index (χ4v) is 0.783. The zero-order chi connectivity index (χ0) is 8.10. The van der Waals surface area contributed by atoms with Gasteiger partial charge in [-0.25, -0.2) is 0 Å². The zero-order valence-electron chi connectivity index (χ0n) is 5.52. The summed E-state index contributed by atoms with van der Waals surface area (Å²) in [6, 6.07) is 6.67. The number of isothiocyanates is 1. The van der Waals surface area contributed by atoms with E-state index in [-0.39, 0.29) is 5.69 Å². The van der Waals surface area contributed by atoms with Gasteiger partial charge in [-0.3, -0.25) is 0 Å². The lowest BCUT2D eigenvalue weighted by molar-refractivity contribution is 1.45. The monoisotopic (exact) mass is 164 g/mol. The van der Waals surface area contributed by atoms with Gasteiger partial charge in [0.2, 0.25) is 0 Å². The lowest BCUT2D eigenvalue weighted by Crippen LogP contribution is -1.64. The predicted molar refractivity (Wildman–Crippen MR) is 46.6 cm³/mol. The molecule has 0 spiro atoms. The number of benzene rings is 1. The first-order chi connectivity index (χ1) is 5.38. The molecule has 0 heterocycles. The molecule has 0 bridgehead atoms. The van der Waals surface area contributed by atoms with Gasteiger partial charge in [-0.15, -0.1) is 4.91 Å². The summed E-state index contributed by atoms with van der Waals surface area (Å²) in [7, 11) is 0. The summed E-state index contributed by atoms with van der Waals surface area (Å²) in [5.41, 5.74) is 0.738. The van der Waals surface area contributed by atoms with Gasteiger partial charge in [0.05, 0.1) is 5.16 Å². The van der Waals surface area contributed by atoms with Crippen LogP contribution in [0.25, 0.3) is 0 Å². The third-order valence-corrected chi connectivity index (χ3v) is 1.24. The van der Waals surface area contributed by atoms with E-state index in [4.69, 9.17) is 0 Å². The third-order valence-electron chi connectivity index (χ3n) is 1.15. The van der Waals surface area contributed by atoms with Crippen molar-refractivity contribution in [3.63, 3.8) is 0 Å². The Hall–Kier alpha value is -1.38. The van der Waals surface area contributed by atoms with Gasteiger partial charge in [0, 0.05) is 0 Å². The molecule has 0 aliphatic rings. The minimum atomic E-state index is 0.282. The summed E-state index contributed by atoms with van der Waals surface area (Å²) >= 11 is 4.38. The largest absolute Gasteiger partial charge is 0.192 e. The number of aliphatic imine (C=N–C) groups is 1. The van der Waals surface area contributed by atoms with E-state index in [1.54, 1.807) is 24.3 Å². The molecule has 0 amide bonds. The van der Waals surface area contributed by atoms with E-state index in [0.29, 0.717) is 5.69 Å². The smallest absolute Gasteiger partial charge is 0.134 e. The Bertz CT molecular complexity index is 318. The first-order valence-corrected chi connectivity index (χ1v) is 3.29. The highest BCUT2D eigenvalue weighted by Crippen LogP contribution is 2.25. The molecule has 0 saturated carbocycles. The van der Waals surface area contributed by atoms with Crippen molar-refractivity contribution < 1.29 is 0 Å². The third kappa shape index (κ3) is 1.77. The number of hydrogen-bond acceptors (Lipinski definition) is 4. The molecular formula is C7H4N2OS. The van der Waals surface area contributed by atoms with E-state index >= 15 is 0 Å². The molecule has 0 saturated heterocycles. The summed E-state index contributed by atoms with van der Waals surface area (Å²) in [5, 5.41) is 4.93. The van der Waals surface area contributed by atoms with Gasteiger partial charge in [-0.05, 0) is 29.5 Å². The molecule has 0 radical (unpaired) electrons. The molecule has 0 atom stereocenters.